The van der Waals surface area contributed by atoms with Gasteiger partial charge in [-0.3, -0.25) is 8.98 Å². The number of benzene rings is 3. The van der Waals surface area contributed by atoms with Crippen LogP contribution in [0.25, 0.3) is 0 Å². The van der Waals surface area contributed by atoms with Crippen molar-refractivity contribution in [2.24, 2.45) is 0 Å². The average molecular weight is 683 g/mol. The quantitative estimate of drug-likeness (QED) is 0.178. The molecule has 1 aliphatic rings. The smallest absolute Gasteiger partial charge is 0.342 e. The third kappa shape index (κ3) is 8.07. The highest BCUT2D eigenvalue weighted by molar-refractivity contribution is 7.86. The normalized spacial score (nSPS) is 18.0. The molecule has 0 spiro atoms. The Morgan fingerprint density at radius 1 is 0.909 bits per heavy atom. The van der Waals surface area contributed by atoms with E-state index in [0.29, 0.717) is 30.5 Å². The lowest BCUT2D eigenvalue weighted by atomic mass is 9.72. The summed E-state index contributed by atoms with van der Waals surface area (Å²) in [6, 6.07) is 12.0. The van der Waals surface area contributed by atoms with Crippen molar-refractivity contribution in [2.45, 2.75) is 55.3 Å². The zero-order valence-electron chi connectivity index (χ0n) is 23.2. The molecule has 1 fully saturated rings. The van der Waals surface area contributed by atoms with Crippen LogP contribution < -0.4 is 0 Å². The molecule has 0 saturated carbocycles. The van der Waals surface area contributed by atoms with Crippen LogP contribution in [-0.2, 0) is 43.3 Å². The van der Waals surface area contributed by atoms with E-state index in [9.17, 15) is 39.6 Å². The summed E-state index contributed by atoms with van der Waals surface area (Å²) >= 11 is 12.4. The van der Waals surface area contributed by atoms with E-state index in [4.69, 9.17) is 27.4 Å². The molecule has 44 heavy (non-hydrogen) atoms. The van der Waals surface area contributed by atoms with Crippen molar-refractivity contribution in [2.75, 3.05) is 19.7 Å². The molecular formula is C30H27Cl2F6NO4S. The number of alkyl halides is 6. The highest BCUT2D eigenvalue weighted by atomic mass is 35.5. The third-order valence-electron chi connectivity index (χ3n) is 7.59. The Bertz CT molecular complexity index is 1600. The highest BCUT2D eigenvalue weighted by Gasteiger charge is 2.40. The van der Waals surface area contributed by atoms with Gasteiger partial charge in [-0.25, -0.2) is 0 Å². The van der Waals surface area contributed by atoms with Gasteiger partial charge in [0.05, 0.1) is 39.1 Å². The van der Waals surface area contributed by atoms with Crippen LogP contribution >= 0.6 is 23.2 Å². The van der Waals surface area contributed by atoms with E-state index < -0.39 is 56.9 Å². The largest absolute Gasteiger partial charge is 0.416 e. The second-order valence-corrected chi connectivity index (χ2v) is 13.2. The molecule has 0 aromatic heterocycles. The predicted octanol–water partition coefficient (Wildman–Crippen LogP) is 8.24. The van der Waals surface area contributed by atoms with Gasteiger partial charge in [-0.2, -0.15) is 34.8 Å². The standard InChI is InChI=1S/C30H27Cl2F6NO4S/c1-19-3-6-24(7-4-19)44(41,42)43-12-10-28(21-5-8-25(31)26(32)17-21)9-2-11-39(18-28)27(40)15-20-13-22(29(33,34)35)16-23(14-20)30(36,37)38/h3-8,13-14,16-17H,2,9-12,15,18H2,1H3. The maximum absolute atomic E-state index is 13.4. The first kappa shape index (κ1) is 34.1. The molecule has 0 aliphatic carbocycles. The topological polar surface area (TPSA) is 63.7 Å². The van der Waals surface area contributed by atoms with E-state index in [-0.39, 0.29) is 47.1 Å². The van der Waals surface area contributed by atoms with Gasteiger partial charge < -0.3 is 4.90 Å². The highest BCUT2D eigenvalue weighted by Crippen LogP contribution is 2.41. The van der Waals surface area contributed by atoms with Crippen LogP contribution in [0.3, 0.4) is 0 Å². The number of carbonyl (C=O) groups excluding carboxylic acids is 1. The summed E-state index contributed by atoms with van der Waals surface area (Å²) in [4.78, 5) is 14.7. The zero-order valence-corrected chi connectivity index (χ0v) is 25.6. The molecule has 1 amide bonds. The fraction of sp³-hybridized carbons (Fsp3) is 0.367. The van der Waals surface area contributed by atoms with E-state index in [0.717, 1.165) is 5.56 Å². The van der Waals surface area contributed by atoms with Crippen molar-refractivity contribution in [3.63, 3.8) is 0 Å². The molecule has 0 N–H and O–H groups in total. The summed E-state index contributed by atoms with van der Waals surface area (Å²) in [7, 11) is -4.12. The van der Waals surface area contributed by atoms with Crippen molar-refractivity contribution < 1.29 is 43.7 Å². The molecule has 3 aromatic carbocycles. The van der Waals surface area contributed by atoms with E-state index in [1.54, 1.807) is 37.3 Å². The molecule has 0 radical (unpaired) electrons. The first-order valence-corrected chi connectivity index (χ1v) is 15.5. The van der Waals surface area contributed by atoms with E-state index in [2.05, 4.69) is 0 Å². The number of rotatable bonds is 8. The number of carbonyl (C=O) groups is 1. The number of likely N-dealkylation sites (tertiary alicyclic amines) is 1. The lowest BCUT2D eigenvalue weighted by Crippen LogP contribution is -2.49. The lowest BCUT2D eigenvalue weighted by molar-refractivity contribution is -0.143. The molecule has 1 atom stereocenters. The maximum atomic E-state index is 13.4. The van der Waals surface area contributed by atoms with Crippen LogP contribution in [-0.4, -0.2) is 38.9 Å². The summed E-state index contributed by atoms with van der Waals surface area (Å²) in [5.41, 5.74) is -2.88. The number of amides is 1. The SMILES string of the molecule is Cc1ccc(S(=O)(=O)OCCC2(c3ccc(Cl)c(Cl)c3)CCCN(C(=O)Cc3cc(C(F)(F)F)cc(C(F)(F)F)c3)C2)cc1. The van der Waals surface area contributed by atoms with Crippen molar-refractivity contribution in [3.05, 3.63) is 98.5 Å². The van der Waals surface area contributed by atoms with Crippen LogP contribution in [0.1, 0.15) is 47.1 Å². The van der Waals surface area contributed by atoms with Crippen LogP contribution in [0, 0.1) is 6.92 Å². The number of nitrogens with zero attached hydrogens (tertiary/aromatic N) is 1. The molecule has 5 nitrogen and oxygen atoms in total. The van der Waals surface area contributed by atoms with Crippen molar-refractivity contribution in [3.8, 4) is 0 Å². The summed E-state index contributed by atoms with van der Waals surface area (Å²) in [6.07, 6.45) is -9.83. The summed E-state index contributed by atoms with van der Waals surface area (Å²) in [6.45, 7) is 1.70. The van der Waals surface area contributed by atoms with E-state index >= 15 is 0 Å². The maximum Gasteiger partial charge on any atom is 0.416 e. The molecular weight excluding hydrogens is 655 g/mol. The Hall–Kier alpha value is -2.80. The minimum Gasteiger partial charge on any atom is -0.342 e. The molecule has 238 valence electrons. The molecule has 3 aromatic rings. The number of aryl methyl sites for hydroxylation is 1. The monoisotopic (exact) mass is 681 g/mol. The number of hydrogen-bond donors (Lipinski definition) is 0. The molecule has 1 heterocycles. The summed E-state index contributed by atoms with van der Waals surface area (Å²) < 4.78 is 111. The Morgan fingerprint density at radius 2 is 1.52 bits per heavy atom. The Balaban J connectivity index is 1.60. The molecule has 4 rings (SSSR count). The van der Waals surface area contributed by atoms with Crippen molar-refractivity contribution in [1.82, 2.24) is 4.90 Å². The van der Waals surface area contributed by atoms with Crippen LogP contribution in [0.15, 0.2) is 65.6 Å². The second-order valence-electron chi connectivity index (χ2n) is 10.8. The Kier molecular flexibility index (Phi) is 9.99. The minimum atomic E-state index is -5.05. The molecule has 14 heteroatoms. The summed E-state index contributed by atoms with van der Waals surface area (Å²) in [5, 5.41) is 0.473. The van der Waals surface area contributed by atoms with Gasteiger partial charge in [0.2, 0.25) is 5.91 Å². The first-order chi connectivity index (χ1) is 20.4. The van der Waals surface area contributed by atoms with Crippen molar-refractivity contribution >= 4 is 39.2 Å². The Morgan fingerprint density at radius 3 is 2.09 bits per heavy atom. The average Bonchev–Trinajstić information content (AvgIpc) is 2.93. The van der Waals surface area contributed by atoms with Crippen molar-refractivity contribution in [1.29, 1.82) is 0 Å². The fourth-order valence-corrected chi connectivity index (χ4v) is 6.49. The van der Waals surface area contributed by atoms with Gasteiger partial charge in [0.25, 0.3) is 10.1 Å². The molecule has 0 bridgehead atoms. The van der Waals surface area contributed by atoms with Crippen LogP contribution in [0.2, 0.25) is 10.0 Å². The lowest BCUT2D eigenvalue weighted by Gasteiger charge is -2.43. The number of hydrogen-bond acceptors (Lipinski definition) is 4. The summed E-state index contributed by atoms with van der Waals surface area (Å²) in [5.74, 6) is -0.685. The van der Waals surface area contributed by atoms with Gasteiger partial charge in [0.1, 0.15) is 0 Å². The van der Waals surface area contributed by atoms with E-state index in [1.165, 1.54) is 17.0 Å². The fourth-order valence-electron chi connectivity index (χ4n) is 5.28. The minimum absolute atomic E-state index is 0.00876. The second kappa shape index (κ2) is 12.9. The zero-order chi connectivity index (χ0) is 32.5. The van der Waals surface area contributed by atoms with Crippen LogP contribution in [0.4, 0.5) is 26.3 Å². The molecule has 1 saturated heterocycles. The molecule has 1 unspecified atom stereocenters. The number of piperidine rings is 1. The van der Waals surface area contributed by atoms with Gasteiger partial charge in [-0.1, -0.05) is 47.0 Å². The van der Waals surface area contributed by atoms with Gasteiger partial charge in [0.15, 0.2) is 0 Å². The number of halogens is 8. The van der Waals surface area contributed by atoms with Gasteiger partial charge in [-0.15, -0.1) is 0 Å². The van der Waals surface area contributed by atoms with Crippen LogP contribution in [0.5, 0.6) is 0 Å². The molecule has 1 aliphatic heterocycles. The van der Waals surface area contributed by atoms with Gasteiger partial charge >= 0.3 is 12.4 Å². The third-order valence-corrected chi connectivity index (χ3v) is 9.66. The predicted molar refractivity (Wildman–Crippen MR) is 153 cm³/mol. The van der Waals surface area contributed by atoms with Gasteiger partial charge in [0, 0.05) is 18.5 Å². The Labute approximate surface area is 260 Å². The first-order valence-electron chi connectivity index (χ1n) is 13.4. The van der Waals surface area contributed by atoms with Gasteiger partial charge in [-0.05, 0) is 79.8 Å². The van der Waals surface area contributed by atoms with E-state index in [1.807, 2.05) is 0 Å².